The number of thioether (sulfide) groups is 1. The van der Waals surface area contributed by atoms with E-state index in [1.807, 2.05) is 52.5 Å². The van der Waals surface area contributed by atoms with Crippen LogP contribution in [0.5, 0.6) is 5.75 Å². The van der Waals surface area contributed by atoms with Crippen LogP contribution in [0.15, 0.2) is 24.3 Å². The summed E-state index contributed by atoms with van der Waals surface area (Å²) in [7, 11) is 5.90. The molecule has 3 N–H and O–H groups in total. The van der Waals surface area contributed by atoms with Gasteiger partial charge in [-0.05, 0) is 60.2 Å². The quantitative estimate of drug-likeness (QED) is 0.371. The maximum atomic E-state index is 10.9. The Kier molecular flexibility index (Phi) is 21.4. The highest BCUT2D eigenvalue weighted by atomic mass is 32.2. The van der Waals surface area contributed by atoms with Gasteiger partial charge in [0.15, 0.2) is 0 Å². The first-order valence-electron chi connectivity index (χ1n) is 11.5. The molecule has 9 nitrogen and oxygen atoms in total. The van der Waals surface area contributed by atoms with Crippen molar-refractivity contribution in [2.24, 2.45) is 5.92 Å². The minimum atomic E-state index is -0.625. The Morgan fingerprint density at radius 1 is 1.26 bits per heavy atom. The molecule has 0 aliphatic rings. The molecule has 10 heteroatoms. The minimum absolute atomic E-state index is 0.199. The van der Waals surface area contributed by atoms with E-state index in [4.69, 9.17) is 15.4 Å². The zero-order valence-corrected chi connectivity index (χ0v) is 23.4. The Bertz CT molecular complexity index is 768. The fourth-order valence-corrected chi connectivity index (χ4v) is 2.60. The number of likely N-dealkylation sites (N-methyl/N-ethyl adjacent to an activating group) is 1. The van der Waals surface area contributed by atoms with Crippen molar-refractivity contribution in [3.8, 4) is 11.8 Å². The molecule has 2 amide bonds. The normalized spacial score (nSPS) is 10.5. The van der Waals surface area contributed by atoms with E-state index in [0.29, 0.717) is 11.8 Å². The van der Waals surface area contributed by atoms with E-state index in [0.717, 1.165) is 37.3 Å². The molecule has 1 atom stereocenters. The van der Waals surface area contributed by atoms with Crippen molar-refractivity contribution in [3.63, 3.8) is 0 Å². The Labute approximate surface area is 216 Å². The molecule has 0 fully saturated rings. The fraction of sp³-hybridized carbons (Fsp3) is 0.600. The molecule has 0 aliphatic heterocycles. The van der Waals surface area contributed by atoms with Crippen LogP contribution in [-0.4, -0.2) is 93.3 Å². The van der Waals surface area contributed by atoms with Crippen LogP contribution in [0.4, 0.5) is 5.69 Å². The van der Waals surface area contributed by atoms with E-state index in [2.05, 4.69) is 35.4 Å². The standard InChI is InChI=1S/C13H22N2O.C6H9N3O.C6H13NOS/c1-11(2)14-12-6-5-7-13(10-12)16-9-8-15(3)4;1-5(4-8)6(10)9-3-2-7;1-4-7(2)6(8)5-9-3/h5-7,10-11,14H,8-9H2,1-4H3;2,5,7H,3H2,1H3,(H,9,10);4-5H2,1-3H3. The van der Waals surface area contributed by atoms with Gasteiger partial charge in [0, 0.05) is 44.1 Å². The van der Waals surface area contributed by atoms with E-state index in [9.17, 15) is 9.59 Å². The Morgan fingerprint density at radius 2 is 1.91 bits per heavy atom. The van der Waals surface area contributed by atoms with Crippen LogP contribution in [0.1, 0.15) is 27.7 Å². The lowest BCUT2D eigenvalue weighted by atomic mass is 10.2. The van der Waals surface area contributed by atoms with Crippen LogP contribution in [0, 0.1) is 22.7 Å². The number of carbonyl (C=O) groups excluding carboxylic acids is 2. The smallest absolute Gasteiger partial charge is 0.237 e. The van der Waals surface area contributed by atoms with Crippen LogP contribution in [0.2, 0.25) is 0 Å². The maximum Gasteiger partial charge on any atom is 0.237 e. The first kappa shape index (κ1) is 34.4. The molecule has 0 spiro atoms. The molecular formula is C25H44N6O3S. The highest BCUT2D eigenvalue weighted by molar-refractivity contribution is 7.99. The number of anilines is 1. The average molecular weight is 509 g/mol. The largest absolute Gasteiger partial charge is 0.492 e. The summed E-state index contributed by atoms with van der Waals surface area (Å²) < 4.78 is 5.66. The highest BCUT2D eigenvalue weighted by Gasteiger charge is 2.08. The van der Waals surface area contributed by atoms with Crippen LogP contribution in [0.25, 0.3) is 0 Å². The van der Waals surface area contributed by atoms with Crippen molar-refractivity contribution in [1.82, 2.24) is 15.1 Å². The number of carbonyl (C=O) groups is 2. The number of nitriles is 1. The maximum absolute atomic E-state index is 10.9. The predicted octanol–water partition coefficient (Wildman–Crippen LogP) is 3.19. The summed E-state index contributed by atoms with van der Waals surface area (Å²) in [5, 5.41) is 20.5. The monoisotopic (exact) mass is 508 g/mol. The molecule has 1 aromatic rings. The SMILES string of the molecule is CC(C#N)C(=O)NCC=N.CC(C)Nc1cccc(OCCN(C)C)c1.CCN(C)C(=O)CSC. The fourth-order valence-electron chi connectivity index (χ4n) is 2.13. The molecule has 35 heavy (non-hydrogen) atoms. The number of benzene rings is 1. The van der Waals surface area contributed by atoms with E-state index < -0.39 is 5.92 Å². The third kappa shape index (κ3) is 20.3. The summed E-state index contributed by atoms with van der Waals surface area (Å²) >= 11 is 1.56. The molecule has 1 rings (SSSR count). The molecule has 1 unspecified atom stereocenters. The van der Waals surface area contributed by atoms with Gasteiger partial charge in [-0.2, -0.15) is 17.0 Å². The van der Waals surface area contributed by atoms with Crippen molar-refractivity contribution in [3.05, 3.63) is 24.3 Å². The lowest BCUT2D eigenvalue weighted by Crippen LogP contribution is -2.29. The number of ether oxygens (including phenoxy) is 1. The predicted molar refractivity (Wildman–Crippen MR) is 148 cm³/mol. The van der Waals surface area contributed by atoms with Gasteiger partial charge in [0.2, 0.25) is 11.8 Å². The third-order valence-corrected chi connectivity index (χ3v) is 4.77. The number of rotatable bonds is 12. The van der Waals surface area contributed by atoms with E-state index in [1.165, 1.54) is 6.92 Å². The Morgan fingerprint density at radius 3 is 2.40 bits per heavy atom. The van der Waals surface area contributed by atoms with Gasteiger partial charge in [0.25, 0.3) is 0 Å². The minimum Gasteiger partial charge on any atom is -0.492 e. The lowest BCUT2D eigenvalue weighted by Gasteiger charge is -2.13. The second-order valence-electron chi connectivity index (χ2n) is 8.12. The first-order valence-corrected chi connectivity index (χ1v) is 12.9. The number of amides is 2. The van der Waals surface area contributed by atoms with E-state index >= 15 is 0 Å². The van der Waals surface area contributed by atoms with Crippen molar-refractivity contribution in [1.29, 1.82) is 10.7 Å². The van der Waals surface area contributed by atoms with Crippen molar-refractivity contribution < 1.29 is 14.3 Å². The Hall–Kier alpha value is -2.77. The molecule has 0 heterocycles. The first-order chi connectivity index (χ1) is 16.5. The van der Waals surface area contributed by atoms with Crippen LogP contribution < -0.4 is 15.4 Å². The molecule has 0 radical (unpaired) electrons. The van der Waals surface area contributed by atoms with Gasteiger partial charge in [0.05, 0.1) is 18.4 Å². The van der Waals surface area contributed by atoms with Crippen LogP contribution >= 0.6 is 11.8 Å². The molecule has 1 aromatic carbocycles. The zero-order chi connectivity index (χ0) is 27.2. The van der Waals surface area contributed by atoms with Crippen molar-refractivity contribution >= 4 is 35.5 Å². The van der Waals surface area contributed by atoms with Gasteiger partial charge in [-0.15, -0.1) is 0 Å². The van der Waals surface area contributed by atoms with Crippen LogP contribution in [0.3, 0.4) is 0 Å². The molecule has 0 saturated carbocycles. The average Bonchev–Trinajstić information content (AvgIpc) is 2.82. The van der Waals surface area contributed by atoms with Gasteiger partial charge in [0.1, 0.15) is 18.3 Å². The van der Waals surface area contributed by atoms with Crippen LogP contribution in [-0.2, 0) is 9.59 Å². The second-order valence-corrected chi connectivity index (χ2v) is 8.99. The van der Waals surface area contributed by atoms with Crippen molar-refractivity contribution in [2.75, 3.05) is 64.7 Å². The molecule has 198 valence electrons. The van der Waals surface area contributed by atoms with Gasteiger partial charge < -0.3 is 30.6 Å². The lowest BCUT2D eigenvalue weighted by molar-refractivity contribution is -0.127. The van der Waals surface area contributed by atoms with Gasteiger partial charge in [-0.3, -0.25) is 9.59 Å². The summed E-state index contributed by atoms with van der Waals surface area (Å²) in [5.41, 5.74) is 1.11. The number of hydrogen-bond donors (Lipinski definition) is 3. The molecule has 0 saturated heterocycles. The summed E-state index contributed by atoms with van der Waals surface area (Å²) in [6, 6.07) is 10.3. The molecule has 0 aromatic heterocycles. The van der Waals surface area contributed by atoms with Gasteiger partial charge >= 0.3 is 0 Å². The number of nitrogens with one attached hydrogen (secondary N) is 3. The summed E-state index contributed by atoms with van der Waals surface area (Å²) in [6.45, 7) is 10.4. The van der Waals surface area contributed by atoms with Crippen molar-refractivity contribution in [2.45, 2.75) is 33.7 Å². The molecule has 0 bridgehead atoms. The summed E-state index contributed by atoms with van der Waals surface area (Å²) in [5.74, 6) is 0.785. The second kappa shape index (κ2) is 21.7. The molecular weight excluding hydrogens is 464 g/mol. The third-order valence-electron chi connectivity index (χ3n) is 4.23. The summed E-state index contributed by atoms with van der Waals surface area (Å²) in [4.78, 5) is 25.4. The molecule has 0 aliphatic carbocycles. The van der Waals surface area contributed by atoms with Gasteiger partial charge in [-0.25, -0.2) is 0 Å². The van der Waals surface area contributed by atoms with E-state index in [-0.39, 0.29) is 18.4 Å². The highest BCUT2D eigenvalue weighted by Crippen LogP contribution is 2.17. The zero-order valence-electron chi connectivity index (χ0n) is 22.6. The Balaban J connectivity index is 0. The topological polar surface area (TPSA) is 122 Å². The van der Waals surface area contributed by atoms with E-state index in [1.54, 1.807) is 22.7 Å². The van der Waals surface area contributed by atoms with Gasteiger partial charge in [-0.1, -0.05) is 6.07 Å². The number of nitrogens with zero attached hydrogens (tertiary/aromatic N) is 3. The summed E-state index contributed by atoms with van der Waals surface area (Å²) in [6.07, 6.45) is 3.00. The number of hydrogen-bond acceptors (Lipinski definition) is 8.